The lowest BCUT2D eigenvalue weighted by Crippen LogP contribution is -2.31. The molecule has 0 saturated carbocycles. The van der Waals surface area contributed by atoms with Gasteiger partial charge in [0.25, 0.3) is 0 Å². The first-order valence-electron chi connectivity index (χ1n) is 10.2. The topological polar surface area (TPSA) is 66.5 Å². The number of hydrogen-bond donors (Lipinski definition) is 1. The summed E-state index contributed by atoms with van der Waals surface area (Å²) in [6.45, 7) is 3.22. The largest absolute Gasteiger partial charge is 0.322 e. The van der Waals surface area contributed by atoms with Crippen molar-refractivity contribution < 1.29 is 13.2 Å². The summed E-state index contributed by atoms with van der Waals surface area (Å²) in [6, 6.07) is 14.4. The maximum atomic E-state index is 12.8. The number of para-hydroxylation sites is 1. The van der Waals surface area contributed by atoms with Gasteiger partial charge in [0.05, 0.1) is 4.90 Å². The number of anilines is 1. The van der Waals surface area contributed by atoms with E-state index in [1.807, 2.05) is 31.2 Å². The summed E-state index contributed by atoms with van der Waals surface area (Å²) in [5, 5.41) is 2.89. The standard InChI is InChI=1S/C23H28N2O3S/c1-2-20-9-5-6-10-22(20)24-23(26)16-13-19-11-14-21(15-12-19)29(27,28)25-17-7-3-4-8-18-25/h5-6,9-16H,2-4,7-8,17-18H2,1H3,(H,24,26)/b16-13+. The molecule has 1 saturated heterocycles. The molecule has 0 unspecified atom stereocenters. The van der Waals surface area contributed by atoms with Gasteiger partial charge in [-0.15, -0.1) is 0 Å². The normalized spacial score (nSPS) is 15.9. The number of hydrogen-bond acceptors (Lipinski definition) is 3. The Balaban J connectivity index is 1.66. The molecule has 1 N–H and O–H groups in total. The number of sulfonamides is 1. The van der Waals surface area contributed by atoms with E-state index in [1.54, 1.807) is 34.6 Å². The minimum Gasteiger partial charge on any atom is -0.322 e. The van der Waals surface area contributed by atoms with Crippen LogP contribution in [-0.4, -0.2) is 31.7 Å². The molecule has 0 bridgehead atoms. The summed E-state index contributed by atoms with van der Waals surface area (Å²) in [4.78, 5) is 12.5. The van der Waals surface area contributed by atoms with Crippen LogP contribution < -0.4 is 5.32 Å². The predicted octanol–water partition coefficient (Wildman–Crippen LogP) is 4.47. The van der Waals surface area contributed by atoms with E-state index >= 15 is 0 Å². The molecule has 3 rings (SSSR count). The van der Waals surface area contributed by atoms with Crippen LogP contribution in [0.5, 0.6) is 0 Å². The van der Waals surface area contributed by atoms with E-state index in [2.05, 4.69) is 5.32 Å². The summed E-state index contributed by atoms with van der Waals surface area (Å²) >= 11 is 0. The highest BCUT2D eigenvalue weighted by Crippen LogP contribution is 2.21. The highest BCUT2D eigenvalue weighted by atomic mass is 32.2. The third-order valence-electron chi connectivity index (χ3n) is 5.17. The van der Waals surface area contributed by atoms with Crippen molar-refractivity contribution >= 4 is 27.7 Å². The van der Waals surface area contributed by atoms with Crippen LogP contribution in [0.25, 0.3) is 6.08 Å². The van der Waals surface area contributed by atoms with Crippen LogP contribution >= 0.6 is 0 Å². The highest BCUT2D eigenvalue weighted by molar-refractivity contribution is 7.89. The van der Waals surface area contributed by atoms with Gasteiger partial charge in [0.1, 0.15) is 0 Å². The van der Waals surface area contributed by atoms with Gasteiger partial charge in [0.15, 0.2) is 0 Å². The molecular formula is C23H28N2O3S. The minimum atomic E-state index is -3.45. The minimum absolute atomic E-state index is 0.216. The molecule has 29 heavy (non-hydrogen) atoms. The Morgan fingerprint density at radius 2 is 1.66 bits per heavy atom. The summed E-state index contributed by atoms with van der Waals surface area (Å²) in [5.41, 5.74) is 2.67. The van der Waals surface area contributed by atoms with E-state index in [0.29, 0.717) is 18.0 Å². The quantitative estimate of drug-likeness (QED) is 0.712. The molecule has 0 aromatic heterocycles. The molecule has 1 fully saturated rings. The molecular weight excluding hydrogens is 384 g/mol. The molecule has 0 spiro atoms. The van der Waals surface area contributed by atoms with Gasteiger partial charge >= 0.3 is 0 Å². The van der Waals surface area contributed by atoms with Crippen molar-refractivity contribution in [1.29, 1.82) is 0 Å². The van der Waals surface area contributed by atoms with E-state index in [0.717, 1.165) is 48.9 Å². The molecule has 1 aliphatic heterocycles. The Morgan fingerprint density at radius 1 is 1.00 bits per heavy atom. The molecule has 5 nitrogen and oxygen atoms in total. The van der Waals surface area contributed by atoms with Gasteiger partial charge in [-0.2, -0.15) is 4.31 Å². The number of benzene rings is 2. The number of carbonyl (C=O) groups is 1. The van der Waals surface area contributed by atoms with E-state index in [-0.39, 0.29) is 5.91 Å². The van der Waals surface area contributed by atoms with Gasteiger partial charge < -0.3 is 5.32 Å². The summed E-state index contributed by atoms with van der Waals surface area (Å²) in [5.74, 6) is -0.216. The van der Waals surface area contributed by atoms with Gasteiger partial charge in [0.2, 0.25) is 15.9 Å². The Hall–Kier alpha value is -2.44. The van der Waals surface area contributed by atoms with Gasteiger partial charge in [-0.1, -0.05) is 50.1 Å². The van der Waals surface area contributed by atoms with Crippen molar-refractivity contribution in [3.63, 3.8) is 0 Å². The maximum absolute atomic E-state index is 12.8. The van der Waals surface area contributed by atoms with Crippen LogP contribution in [0.1, 0.15) is 43.7 Å². The van der Waals surface area contributed by atoms with Crippen molar-refractivity contribution in [3.8, 4) is 0 Å². The summed E-state index contributed by atoms with van der Waals surface area (Å²) in [7, 11) is -3.45. The summed E-state index contributed by atoms with van der Waals surface area (Å²) in [6.07, 6.45) is 7.98. The second kappa shape index (κ2) is 9.85. The average Bonchev–Trinajstić information content (AvgIpc) is 3.03. The molecule has 1 aliphatic rings. The Bertz CT molecular complexity index is 958. The number of nitrogens with one attached hydrogen (secondary N) is 1. The smallest absolute Gasteiger partial charge is 0.248 e. The fraction of sp³-hybridized carbons (Fsp3) is 0.348. The first-order valence-corrected chi connectivity index (χ1v) is 11.6. The average molecular weight is 413 g/mol. The number of nitrogens with zero attached hydrogens (tertiary/aromatic N) is 1. The van der Waals surface area contributed by atoms with Crippen LogP contribution in [0, 0.1) is 0 Å². The van der Waals surface area contributed by atoms with Crippen LogP contribution in [0.4, 0.5) is 5.69 Å². The first kappa shape index (κ1) is 21.3. The fourth-order valence-corrected chi connectivity index (χ4v) is 5.00. The van der Waals surface area contributed by atoms with Crippen molar-refractivity contribution in [1.82, 2.24) is 4.31 Å². The van der Waals surface area contributed by atoms with Gasteiger partial charge in [0, 0.05) is 24.9 Å². The number of amides is 1. The zero-order valence-corrected chi connectivity index (χ0v) is 17.6. The van der Waals surface area contributed by atoms with Gasteiger partial charge in [-0.25, -0.2) is 8.42 Å². The van der Waals surface area contributed by atoms with Gasteiger partial charge in [-0.3, -0.25) is 4.79 Å². The molecule has 2 aromatic rings. The zero-order chi connectivity index (χ0) is 20.7. The molecule has 0 aliphatic carbocycles. The van der Waals surface area contributed by atoms with Crippen LogP contribution in [0.2, 0.25) is 0 Å². The number of carbonyl (C=O) groups excluding carboxylic acids is 1. The molecule has 6 heteroatoms. The van der Waals surface area contributed by atoms with Gasteiger partial charge in [-0.05, 0) is 54.7 Å². The summed E-state index contributed by atoms with van der Waals surface area (Å²) < 4.78 is 27.2. The third kappa shape index (κ3) is 5.55. The van der Waals surface area contributed by atoms with E-state index in [9.17, 15) is 13.2 Å². The Labute approximate surface area is 173 Å². The zero-order valence-electron chi connectivity index (χ0n) is 16.8. The van der Waals surface area contributed by atoms with Crippen LogP contribution in [-0.2, 0) is 21.2 Å². The van der Waals surface area contributed by atoms with Crippen molar-refractivity contribution in [2.45, 2.75) is 43.9 Å². The molecule has 0 radical (unpaired) electrons. The van der Waals surface area contributed by atoms with Crippen LogP contribution in [0.15, 0.2) is 59.5 Å². The highest BCUT2D eigenvalue weighted by Gasteiger charge is 2.24. The maximum Gasteiger partial charge on any atom is 0.248 e. The predicted molar refractivity (Wildman–Crippen MR) is 117 cm³/mol. The number of aryl methyl sites for hydroxylation is 1. The van der Waals surface area contributed by atoms with Crippen molar-refractivity contribution in [2.75, 3.05) is 18.4 Å². The van der Waals surface area contributed by atoms with E-state index < -0.39 is 10.0 Å². The molecule has 2 aromatic carbocycles. The van der Waals surface area contributed by atoms with Crippen LogP contribution in [0.3, 0.4) is 0 Å². The lowest BCUT2D eigenvalue weighted by atomic mass is 10.1. The number of rotatable bonds is 6. The second-order valence-electron chi connectivity index (χ2n) is 7.22. The van der Waals surface area contributed by atoms with E-state index in [1.165, 1.54) is 6.08 Å². The molecule has 154 valence electrons. The SMILES string of the molecule is CCc1ccccc1NC(=O)/C=C/c1ccc(S(=O)(=O)N2CCCCCC2)cc1. The van der Waals surface area contributed by atoms with E-state index in [4.69, 9.17) is 0 Å². The molecule has 0 atom stereocenters. The Kier molecular flexibility index (Phi) is 7.23. The van der Waals surface area contributed by atoms with Crippen molar-refractivity contribution in [2.24, 2.45) is 0 Å². The van der Waals surface area contributed by atoms with Crippen molar-refractivity contribution in [3.05, 3.63) is 65.7 Å². The molecule has 1 amide bonds. The lowest BCUT2D eigenvalue weighted by Gasteiger charge is -2.19. The third-order valence-corrected chi connectivity index (χ3v) is 7.08. The first-order chi connectivity index (χ1) is 14.0. The monoisotopic (exact) mass is 412 g/mol. The Morgan fingerprint density at radius 3 is 2.31 bits per heavy atom. The molecule has 1 heterocycles. The fourth-order valence-electron chi connectivity index (χ4n) is 3.48. The lowest BCUT2D eigenvalue weighted by molar-refractivity contribution is -0.111. The second-order valence-corrected chi connectivity index (χ2v) is 9.16.